The van der Waals surface area contributed by atoms with Gasteiger partial charge in [0.25, 0.3) is 5.09 Å². The lowest BCUT2D eigenvalue weighted by molar-refractivity contribution is -0.757. The van der Waals surface area contributed by atoms with Gasteiger partial charge in [0.1, 0.15) is 0 Å². The minimum atomic E-state index is -3.39. The quantitative estimate of drug-likeness (QED) is 0.202. The van der Waals surface area contributed by atoms with Gasteiger partial charge < -0.3 is 14.3 Å². The third kappa shape index (κ3) is 6.51. The van der Waals surface area contributed by atoms with Crippen molar-refractivity contribution in [2.45, 2.75) is 17.9 Å². The predicted molar refractivity (Wildman–Crippen MR) is 123 cm³/mol. The molecule has 3 rings (SSSR count). The summed E-state index contributed by atoms with van der Waals surface area (Å²) < 4.78 is 35.7. The normalized spacial score (nSPS) is 11.3. The predicted octanol–water partition coefficient (Wildman–Crippen LogP) is 2.97. The Morgan fingerprint density at radius 2 is 1.74 bits per heavy atom. The smallest absolute Gasteiger partial charge is 0.313 e. The fourth-order valence-electron chi connectivity index (χ4n) is 3.21. The average molecular weight is 506 g/mol. The summed E-state index contributed by atoms with van der Waals surface area (Å²) >= 11 is 0. The van der Waals surface area contributed by atoms with E-state index in [2.05, 4.69) is 9.94 Å². The highest BCUT2D eigenvalue weighted by atomic mass is 32.2. The molecule has 2 aromatic carbocycles. The van der Waals surface area contributed by atoms with E-state index in [-0.39, 0.29) is 36.2 Å². The number of aromatic nitrogens is 2. The number of rotatable bonds is 12. The molecule has 1 heterocycles. The van der Waals surface area contributed by atoms with Crippen molar-refractivity contribution < 1.29 is 32.7 Å². The molecular formula is C21H22N4O9S. The monoisotopic (exact) mass is 506 g/mol. The first-order valence-electron chi connectivity index (χ1n) is 10.2. The van der Waals surface area contributed by atoms with E-state index in [0.717, 1.165) is 6.26 Å². The highest BCUT2D eigenvalue weighted by molar-refractivity contribution is 7.90. The molecule has 0 aliphatic heterocycles. The Morgan fingerprint density at radius 1 is 1.03 bits per heavy atom. The Balaban J connectivity index is 1.94. The second-order valence-electron chi connectivity index (χ2n) is 7.31. The number of methoxy groups -OCH3 is 1. The van der Waals surface area contributed by atoms with Gasteiger partial charge in [-0.05, 0) is 36.8 Å². The second kappa shape index (κ2) is 10.9. The molecular weight excluding hydrogens is 484 g/mol. The molecule has 0 radical (unpaired) electrons. The SMILES string of the molecule is COc1ccc(-n2nc(COCCCO[N+](=O)[O-])cc2-c2ccc(S(C)(=O)=O)cc2)cc1[N+](=O)[O-]. The first kappa shape index (κ1) is 25.6. The third-order valence-electron chi connectivity index (χ3n) is 4.82. The fourth-order valence-corrected chi connectivity index (χ4v) is 3.84. The molecule has 3 aromatic rings. The van der Waals surface area contributed by atoms with Crippen LogP contribution in [-0.4, -0.2) is 54.8 Å². The highest BCUT2D eigenvalue weighted by Gasteiger charge is 2.19. The van der Waals surface area contributed by atoms with Crippen molar-refractivity contribution in [3.63, 3.8) is 0 Å². The van der Waals surface area contributed by atoms with Crippen LogP contribution in [0.3, 0.4) is 0 Å². The second-order valence-corrected chi connectivity index (χ2v) is 9.32. The number of benzene rings is 2. The van der Waals surface area contributed by atoms with Gasteiger partial charge in [0.15, 0.2) is 15.6 Å². The lowest BCUT2D eigenvalue weighted by atomic mass is 10.1. The number of nitro benzene ring substituents is 1. The Kier molecular flexibility index (Phi) is 7.98. The molecule has 0 fully saturated rings. The first-order valence-corrected chi connectivity index (χ1v) is 12.1. The molecule has 0 saturated carbocycles. The van der Waals surface area contributed by atoms with Crippen LogP contribution in [-0.2, 0) is 26.0 Å². The van der Waals surface area contributed by atoms with Crippen molar-refractivity contribution in [1.82, 2.24) is 9.78 Å². The van der Waals surface area contributed by atoms with Crippen LogP contribution in [0.25, 0.3) is 16.9 Å². The zero-order chi connectivity index (χ0) is 25.6. The van der Waals surface area contributed by atoms with Crippen molar-refractivity contribution in [3.05, 3.63) is 74.5 Å². The van der Waals surface area contributed by atoms with E-state index in [4.69, 9.17) is 9.47 Å². The Morgan fingerprint density at radius 3 is 2.34 bits per heavy atom. The van der Waals surface area contributed by atoms with Crippen molar-refractivity contribution in [2.75, 3.05) is 26.6 Å². The van der Waals surface area contributed by atoms with E-state index in [1.54, 1.807) is 24.3 Å². The first-order chi connectivity index (χ1) is 16.6. The molecule has 35 heavy (non-hydrogen) atoms. The zero-order valence-electron chi connectivity index (χ0n) is 18.8. The molecule has 0 saturated heterocycles. The number of sulfone groups is 1. The lowest BCUT2D eigenvalue weighted by Crippen LogP contribution is -2.06. The van der Waals surface area contributed by atoms with Gasteiger partial charge in [-0.3, -0.25) is 10.1 Å². The van der Waals surface area contributed by atoms with Crippen LogP contribution in [0.2, 0.25) is 0 Å². The molecule has 0 spiro atoms. The van der Waals surface area contributed by atoms with Crippen molar-refractivity contribution in [3.8, 4) is 22.7 Å². The minimum Gasteiger partial charge on any atom is -0.490 e. The van der Waals surface area contributed by atoms with E-state index >= 15 is 0 Å². The lowest BCUT2D eigenvalue weighted by Gasteiger charge is -2.10. The molecule has 0 amide bonds. The number of ether oxygens (including phenoxy) is 2. The van der Waals surface area contributed by atoms with Gasteiger partial charge >= 0.3 is 5.69 Å². The summed E-state index contributed by atoms with van der Waals surface area (Å²) in [5.41, 5.74) is 1.78. The van der Waals surface area contributed by atoms with Crippen molar-refractivity contribution in [1.29, 1.82) is 0 Å². The fraction of sp³-hybridized carbons (Fsp3) is 0.286. The van der Waals surface area contributed by atoms with Crippen molar-refractivity contribution >= 4 is 15.5 Å². The summed E-state index contributed by atoms with van der Waals surface area (Å²) in [6.45, 7) is 0.153. The van der Waals surface area contributed by atoms with Gasteiger partial charge in [-0.1, -0.05) is 12.1 Å². The Labute approximate surface area is 200 Å². The summed E-state index contributed by atoms with van der Waals surface area (Å²) in [6.07, 6.45) is 1.40. The van der Waals surface area contributed by atoms with Gasteiger partial charge in [-0.25, -0.2) is 13.1 Å². The molecule has 1 aromatic heterocycles. The number of nitro groups is 1. The van der Waals surface area contributed by atoms with E-state index in [1.807, 2.05) is 0 Å². The molecule has 0 atom stereocenters. The van der Waals surface area contributed by atoms with Crippen LogP contribution in [0, 0.1) is 20.2 Å². The maximum absolute atomic E-state index is 11.8. The molecule has 186 valence electrons. The molecule has 13 nitrogen and oxygen atoms in total. The van der Waals surface area contributed by atoms with Crippen molar-refractivity contribution in [2.24, 2.45) is 0 Å². The molecule has 0 N–H and O–H groups in total. The summed E-state index contributed by atoms with van der Waals surface area (Å²) in [4.78, 5) is 25.5. The van der Waals surface area contributed by atoms with Crippen LogP contribution in [0.15, 0.2) is 53.4 Å². The van der Waals surface area contributed by atoms with Crippen LogP contribution in [0.4, 0.5) is 5.69 Å². The standard InChI is InChI=1S/C21H22N4O9S/c1-32-21-9-6-17(13-20(21)24(26)27)23-19(15-4-7-18(8-5-15)35(2,30)31)12-16(22-23)14-33-10-3-11-34-25(28)29/h4-9,12-13H,3,10-11,14H2,1-2H3. The summed E-state index contributed by atoms with van der Waals surface area (Å²) in [6, 6.07) is 12.2. The van der Waals surface area contributed by atoms with Crippen LogP contribution in [0.1, 0.15) is 12.1 Å². The number of nitrogens with zero attached hydrogens (tertiary/aromatic N) is 4. The van der Waals surface area contributed by atoms with E-state index in [1.165, 1.54) is 36.1 Å². The maximum Gasteiger partial charge on any atom is 0.313 e. The van der Waals surface area contributed by atoms with Crippen LogP contribution >= 0.6 is 0 Å². The zero-order valence-corrected chi connectivity index (χ0v) is 19.6. The third-order valence-corrected chi connectivity index (χ3v) is 5.95. The van der Waals surface area contributed by atoms with E-state index in [9.17, 15) is 28.6 Å². The van der Waals surface area contributed by atoms with Gasteiger partial charge in [0.05, 0.1) is 47.2 Å². The van der Waals surface area contributed by atoms with E-state index < -0.39 is 19.8 Å². The van der Waals surface area contributed by atoms with Gasteiger partial charge in [0.2, 0.25) is 0 Å². The summed E-state index contributed by atoms with van der Waals surface area (Å²) in [5, 5.41) is 25.3. The summed E-state index contributed by atoms with van der Waals surface area (Å²) in [5.74, 6) is 0.0884. The molecule has 0 aliphatic carbocycles. The van der Waals surface area contributed by atoms with Gasteiger partial charge in [0, 0.05) is 24.5 Å². The van der Waals surface area contributed by atoms with Crippen LogP contribution in [0.5, 0.6) is 5.75 Å². The highest BCUT2D eigenvalue weighted by Crippen LogP contribution is 2.32. The number of hydrogen-bond acceptors (Lipinski definition) is 10. The van der Waals surface area contributed by atoms with Gasteiger partial charge in [-0.15, -0.1) is 10.1 Å². The topological polar surface area (TPSA) is 166 Å². The molecule has 14 heteroatoms. The minimum absolute atomic E-state index is 0.0676. The maximum atomic E-state index is 11.8. The largest absolute Gasteiger partial charge is 0.490 e. The average Bonchev–Trinajstić information content (AvgIpc) is 3.24. The Hall–Kier alpha value is -4.04. The molecule has 0 aliphatic rings. The Bertz CT molecular complexity index is 1320. The molecule has 0 bridgehead atoms. The van der Waals surface area contributed by atoms with Crippen LogP contribution < -0.4 is 4.74 Å². The molecule has 0 unspecified atom stereocenters. The number of hydrogen-bond donors (Lipinski definition) is 0. The van der Waals surface area contributed by atoms with E-state index in [0.29, 0.717) is 29.1 Å². The summed E-state index contributed by atoms with van der Waals surface area (Å²) in [7, 11) is -2.06. The van der Waals surface area contributed by atoms with Gasteiger partial charge in [-0.2, -0.15) is 5.10 Å².